The highest BCUT2D eigenvalue weighted by Crippen LogP contribution is 2.68. The minimum absolute atomic E-state index is 0.0348. The quantitative estimate of drug-likeness (QED) is 0.413. The highest BCUT2D eigenvalue weighted by Gasteiger charge is 2.66. The van der Waals surface area contributed by atoms with Gasteiger partial charge in [0.25, 0.3) is 0 Å². The smallest absolute Gasteiger partial charge is 0.159 e. The van der Waals surface area contributed by atoms with Crippen LogP contribution < -0.4 is 0 Å². The van der Waals surface area contributed by atoms with Crippen molar-refractivity contribution in [2.24, 2.45) is 34.5 Å². The molecule has 0 aromatic heterocycles. The Balaban J connectivity index is 1.64. The van der Waals surface area contributed by atoms with Crippen LogP contribution in [0, 0.1) is 34.5 Å². The third-order valence-electron chi connectivity index (χ3n) is 10.4. The number of hydrogen-bond acceptors (Lipinski definition) is 6. The topological polar surface area (TPSA) is 118 Å². The molecule has 0 spiro atoms. The Labute approximate surface area is 198 Å². The molecule has 4 aliphatic carbocycles. The van der Waals surface area contributed by atoms with Crippen molar-refractivity contribution in [2.45, 2.75) is 109 Å². The van der Waals surface area contributed by atoms with Gasteiger partial charge in [0.15, 0.2) is 5.78 Å². The molecule has 3 fully saturated rings. The first-order valence-electron chi connectivity index (χ1n) is 12.9. The minimum Gasteiger partial charge on any atom is -0.396 e. The van der Waals surface area contributed by atoms with E-state index in [1.807, 2.05) is 0 Å². The lowest BCUT2D eigenvalue weighted by Gasteiger charge is -2.60. The predicted octanol–water partition coefficient (Wildman–Crippen LogP) is 2.74. The van der Waals surface area contributed by atoms with E-state index in [9.17, 15) is 30.3 Å². The molecule has 0 saturated heterocycles. The summed E-state index contributed by atoms with van der Waals surface area (Å²) in [5.41, 5.74) is -1.91. The van der Waals surface area contributed by atoms with Crippen LogP contribution in [0.2, 0.25) is 0 Å². The van der Waals surface area contributed by atoms with E-state index in [0.29, 0.717) is 38.5 Å². The molecule has 9 atom stereocenters. The van der Waals surface area contributed by atoms with Crippen molar-refractivity contribution < 1.29 is 30.3 Å². The molecule has 0 radical (unpaired) electrons. The van der Waals surface area contributed by atoms with Gasteiger partial charge in [-0.3, -0.25) is 4.79 Å². The molecule has 0 aromatic carbocycles. The highest BCUT2D eigenvalue weighted by atomic mass is 16.3. The van der Waals surface area contributed by atoms with Crippen molar-refractivity contribution in [2.75, 3.05) is 6.61 Å². The van der Waals surface area contributed by atoms with Crippen molar-refractivity contribution in [3.63, 3.8) is 0 Å². The number of ketones is 1. The van der Waals surface area contributed by atoms with Gasteiger partial charge in [-0.15, -0.1) is 0 Å². The fourth-order valence-corrected chi connectivity index (χ4v) is 8.28. The number of allylic oxidation sites excluding steroid dienone is 1. The summed E-state index contributed by atoms with van der Waals surface area (Å²) in [5.74, 6) is -0.477. The van der Waals surface area contributed by atoms with Gasteiger partial charge in [-0.25, -0.2) is 0 Å². The van der Waals surface area contributed by atoms with Gasteiger partial charge in [0.2, 0.25) is 0 Å². The Bertz CT molecular complexity index is 801. The van der Waals surface area contributed by atoms with Gasteiger partial charge >= 0.3 is 0 Å². The number of carbonyl (C=O) groups excluding carboxylic acids is 1. The Morgan fingerprint density at radius 1 is 1.12 bits per heavy atom. The first kappa shape index (κ1) is 25.3. The second-order valence-electron chi connectivity index (χ2n) is 12.8. The fourth-order valence-electron chi connectivity index (χ4n) is 8.28. The van der Waals surface area contributed by atoms with Gasteiger partial charge in [0.1, 0.15) is 0 Å². The highest BCUT2D eigenvalue weighted by molar-refractivity contribution is 5.95. The molecular formula is C27H44O6. The zero-order valence-electron chi connectivity index (χ0n) is 20.8. The average Bonchev–Trinajstić information content (AvgIpc) is 3.00. The van der Waals surface area contributed by atoms with Gasteiger partial charge < -0.3 is 25.5 Å². The van der Waals surface area contributed by atoms with Crippen molar-refractivity contribution >= 4 is 5.78 Å². The molecule has 6 nitrogen and oxygen atoms in total. The van der Waals surface area contributed by atoms with E-state index in [4.69, 9.17) is 0 Å². The van der Waals surface area contributed by atoms with Crippen molar-refractivity contribution in [3.8, 4) is 0 Å². The molecule has 4 rings (SSSR count). The largest absolute Gasteiger partial charge is 0.396 e. The third-order valence-corrected chi connectivity index (χ3v) is 10.4. The summed E-state index contributed by atoms with van der Waals surface area (Å²) in [7, 11) is 0. The molecule has 0 aliphatic heterocycles. The lowest BCUT2D eigenvalue weighted by atomic mass is 9.46. The second-order valence-corrected chi connectivity index (χ2v) is 12.8. The second kappa shape index (κ2) is 8.41. The molecule has 188 valence electrons. The normalized spacial score (nSPS) is 45.0. The fraction of sp³-hybridized carbons (Fsp3) is 0.889. The van der Waals surface area contributed by atoms with Crippen LogP contribution in [-0.2, 0) is 4.79 Å². The Hall–Kier alpha value is -0.790. The zero-order valence-corrected chi connectivity index (χ0v) is 20.8. The number of aliphatic hydroxyl groups is 5. The van der Waals surface area contributed by atoms with E-state index < -0.39 is 28.8 Å². The third kappa shape index (κ3) is 3.94. The van der Waals surface area contributed by atoms with Gasteiger partial charge in [-0.1, -0.05) is 13.8 Å². The molecule has 1 unspecified atom stereocenters. The minimum atomic E-state index is -1.12. The van der Waals surface area contributed by atoms with E-state index in [1.54, 1.807) is 19.9 Å². The summed E-state index contributed by atoms with van der Waals surface area (Å²) in [4.78, 5) is 13.2. The van der Waals surface area contributed by atoms with Crippen LogP contribution in [-0.4, -0.2) is 61.3 Å². The maximum absolute atomic E-state index is 13.2. The number of hydrogen-bond donors (Lipinski definition) is 5. The lowest BCUT2D eigenvalue weighted by Crippen LogP contribution is -2.59. The first-order chi connectivity index (χ1) is 15.3. The molecule has 33 heavy (non-hydrogen) atoms. The molecule has 3 saturated carbocycles. The maximum atomic E-state index is 13.2. The zero-order chi connectivity index (χ0) is 24.4. The molecule has 0 aromatic rings. The van der Waals surface area contributed by atoms with Crippen LogP contribution in [0.25, 0.3) is 0 Å². The van der Waals surface area contributed by atoms with Crippen LogP contribution in [0.3, 0.4) is 0 Å². The van der Waals surface area contributed by atoms with Crippen LogP contribution in [0.5, 0.6) is 0 Å². The summed E-state index contributed by atoms with van der Waals surface area (Å²) < 4.78 is 0. The molecule has 0 bridgehead atoms. The van der Waals surface area contributed by atoms with E-state index >= 15 is 0 Å². The summed E-state index contributed by atoms with van der Waals surface area (Å²) in [6, 6.07) is 0. The van der Waals surface area contributed by atoms with Crippen LogP contribution in [0.4, 0.5) is 0 Å². The maximum Gasteiger partial charge on any atom is 0.159 e. The summed E-state index contributed by atoms with van der Waals surface area (Å²) >= 11 is 0. The Morgan fingerprint density at radius 2 is 1.82 bits per heavy atom. The number of aliphatic hydroxyl groups excluding tert-OH is 3. The monoisotopic (exact) mass is 464 g/mol. The molecule has 0 amide bonds. The van der Waals surface area contributed by atoms with E-state index in [1.165, 1.54) is 0 Å². The lowest BCUT2D eigenvalue weighted by molar-refractivity contribution is -0.144. The van der Waals surface area contributed by atoms with Gasteiger partial charge in [-0.05, 0) is 101 Å². The van der Waals surface area contributed by atoms with Gasteiger partial charge in [-0.2, -0.15) is 0 Å². The summed E-state index contributed by atoms with van der Waals surface area (Å²) in [5, 5.41) is 53.8. The summed E-state index contributed by atoms with van der Waals surface area (Å²) in [6.07, 6.45) is 6.21. The van der Waals surface area contributed by atoms with Gasteiger partial charge in [0.05, 0.1) is 23.4 Å². The Kier molecular flexibility index (Phi) is 6.45. The van der Waals surface area contributed by atoms with E-state index in [0.717, 1.165) is 24.8 Å². The first-order valence-corrected chi connectivity index (χ1v) is 12.9. The van der Waals surface area contributed by atoms with Crippen molar-refractivity contribution in [1.29, 1.82) is 0 Å². The van der Waals surface area contributed by atoms with Crippen LogP contribution in [0.1, 0.15) is 85.5 Å². The number of carbonyl (C=O) groups is 1. The predicted molar refractivity (Wildman–Crippen MR) is 125 cm³/mol. The summed E-state index contributed by atoms with van der Waals surface area (Å²) in [6.45, 7) is 7.53. The molecular weight excluding hydrogens is 420 g/mol. The van der Waals surface area contributed by atoms with Gasteiger partial charge in [0, 0.05) is 23.9 Å². The van der Waals surface area contributed by atoms with E-state index in [2.05, 4.69) is 13.8 Å². The molecule has 4 aliphatic rings. The SMILES string of the molecule is CC(C)(O)CC[C@@H](O)[C@@H](CO)C1CC[C@@]2(O)C3=CC(=O)[C@@H]4C[C@@H](O)CC[C@]4(C)[C@H]3CC[C@]12C. The molecule has 0 heterocycles. The average molecular weight is 465 g/mol. The number of rotatable bonds is 6. The van der Waals surface area contributed by atoms with Crippen molar-refractivity contribution in [3.05, 3.63) is 11.6 Å². The molecule has 6 heteroatoms. The molecule has 5 N–H and O–H groups in total. The standard InChI is InChI=1S/C27H44O6/c1-24(2,32)9-8-22(30)17(15-28)18-7-12-27(33)20-14-23(31)21-13-16(29)5-10-25(21,3)19(20)6-11-26(18,27)4/h14,16-19,21-22,28-30,32-33H,5-13,15H2,1-4H3/t16-,17-,18?,19-,21-,22+,25+,26+,27+/m0/s1. The Morgan fingerprint density at radius 3 is 2.45 bits per heavy atom. The van der Waals surface area contributed by atoms with E-state index in [-0.39, 0.29) is 41.5 Å². The van der Waals surface area contributed by atoms with Crippen molar-refractivity contribution in [1.82, 2.24) is 0 Å². The number of fused-ring (bicyclic) bond motifs is 5. The van der Waals surface area contributed by atoms with Crippen LogP contribution >= 0.6 is 0 Å². The van der Waals surface area contributed by atoms with Crippen LogP contribution in [0.15, 0.2) is 11.6 Å².